The van der Waals surface area contributed by atoms with Crippen LogP contribution in [0.3, 0.4) is 0 Å². The minimum atomic E-state index is -0.312. The van der Waals surface area contributed by atoms with Gasteiger partial charge in [0, 0.05) is 44.6 Å². The van der Waals surface area contributed by atoms with Crippen molar-refractivity contribution >= 4 is 11.7 Å². The number of pyridine rings is 1. The zero-order valence-electron chi connectivity index (χ0n) is 13.7. The van der Waals surface area contributed by atoms with Crippen LogP contribution in [0.5, 0.6) is 0 Å². The van der Waals surface area contributed by atoms with Crippen molar-refractivity contribution in [1.29, 1.82) is 0 Å². The van der Waals surface area contributed by atoms with Gasteiger partial charge in [-0.1, -0.05) is 12.1 Å². The summed E-state index contributed by atoms with van der Waals surface area (Å²) in [6, 6.07) is 10.4. The number of anilines is 1. The van der Waals surface area contributed by atoms with Gasteiger partial charge in [0.2, 0.25) is 0 Å². The van der Waals surface area contributed by atoms with Crippen LogP contribution in [0.4, 0.5) is 14.9 Å². The highest BCUT2D eigenvalue weighted by molar-refractivity contribution is 5.89. The Balaban J connectivity index is 1.50. The molecule has 0 radical (unpaired) electrons. The molecule has 2 heterocycles. The molecule has 2 amide bonds. The summed E-state index contributed by atoms with van der Waals surface area (Å²) >= 11 is 0. The van der Waals surface area contributed by atoms with Crippen molar-refractivity contribution in [2.24, 2.45) is 0 Å². The van der Waals surface area contributed by atoms with Gasteiger partial charge in [0.1, 0.15) is 5.82 Å². The Kier molecular flexibility index (Phi) is 5.05. The number of rotatable bonds is 3. The number of carbonyl (C=O) groups excluding carboxylic acids is 1. The van der Waals surface area contributed by atoms with Crippen molar-refractivity contribution in [3.05, 3.63) is 59.7 Å². The van der Waals surface area contributed by atoms with Gasteiger partial charge in [-0.2, -0.15) is 0 Å². The van der Waals surface area contributed by atoms with Crippen LogP contribution in [0.15, 0.2) is 42.6 Å². The molecule has 1 aliphatic heterocycles. The summed E-state index contributed by atoms with van der Waals surface area (Å²) in [5.74, 6) is -0.312. The number of hydrogen-bond donors (Lipinski definition) is 1. The van der Waals surface area contributed by atoms with Gasteiger partial charge < -0.3 is 10.2 Å². The van der Waals surface area contributed by atoms with Crippen LogP contribution in [0, 0.1) is 12.7 Å². The fourth-order valence-corrected chi connectivity index (χ4v) is 2.70. The molecular weight excluding hydrogens is 307 g/mol. The predicted octanol–water partition coefficient (Wildman–Crippen LogP) is 2.88. The normalized spacial score (nSPS) is 15.3. The van der Waals surface area contributed by atoms with Crippen molar-refractivity contribution in [2.75, 3.05) is 31.5 Å². The Morgan fingerprint density at radius 1 is 1.21 bits per heavy atom. The first-order chi connectivity index (χ1) is 11.6. The van der Waals surface area contributed by atoms with Crippen LogP contribution in [0.1, 0.15) is 11.3 Å². The third-order valence-electron chi connectivity index (χ3n) is 4.19. The van der Waals surface area contributed by atoms with Crippen LogP contribution in [-0.2, 0) is 6.54 Å². The molecule has 3 rings (SSSR count). The summed E-state index contributed by atoms with van der Waals surface area (Å²) in [5, 5.41) is 2.76. The molecule has 0 bridgehead atoms. The number of hydrogen-bond acceptors (Lipinski definition) is 3. The van der Waals surface area contributed by atoms with E-state index in [9.17, 15) is 9.18 Å². The second kappa shape index (κ2) is 7.40. The maximum atomic E-state index is 13.6. The lowest BCUT2D eigenvalue weighted by atomic mass is 10.2. The van der Waals surface area contributed by atoms with Crippen LogP contribution in [-0.4, -0.2) is 47.0 Å². The second-order valence-electron chi connectivity index (χ2n) is 5.98. The maximum absolute atomic E-state index is 13.6. The molecule has 24 heavy (non-hydrogen) atoms. The topological polar surface area (TPSA) is 48.5 Å². The number of piperazine rings is 1. The van der Waals surface area contributed by atoms with Gasteiger partial charge >= 0.3 is 6.03 Å². The van der Waals surface area contributed by atoms with Crippen molar-refractivity contribution in [2.45, 2.75) is 13.5 Å². The van der Waals surface area contributed by atoms with Crippen molar-refractivity contribution in [3.63, 3.8) is 0 Å². The zero-order chi connectivity index (χ0) is 16.9. The van der Waals surface area contributed by atoms with E-state index in [4.69, 9.17) is 0 Å². The standard InChI is InChI=1S/C18H21FN4O/c1-14-5-6-15(12-17(14)19)21-18(24)23-10-8-22(9-11-23)13-16-4-2-3-7-20-16/h2-7,12H,8-11,13H2,1H3,(H,21,24). The van der Waals surface area contributed by atoms with E-state index in [0.29, 0.717) is 24.3 Å². The average Bonchev–Trinajstić information content (AvgIpc) is 2.60. The molecule has 1 aliphatic rings. The van der Waals surface area contributed by atoms with E-state index in [1.165, 1.54) is 6.07 Å². The zero-order valence-corrected chi connectivity index (χ0v) is 13.7. The minimum Gasteiger partial charge on any atom is -0.322 e. The number of nitrogens with zero attached hydrogens (tertiary/aromatic N) is 3. The molecule has 0 aliphatic carbocycles. The molecule has 0 spiro atoms. The largest absolute Gasteiger partial charge is 0.322 e. The van der Waals surface area contributed by atoms with Crippen LogP contribution < -0.4 is 5.32 Å². The molecular formula is C18H21FN4O. The smallest absolute Gasteiger partial charge is 0.321 e. The Labute approximate surface area is 141 Å². The average molecular weight is 328 g/mol. The first-order valence-electron chi connectivity index (χ1n) is 8.06. The van der Waals surface area contributed by atoms with E-state index in [2.05, 4.69) is 15.2 Å². The second-order valence-corrected chi connectivity index (χ2v) is 5.98. The number of urea groups is 1. The number of amides is 2. The quantitative estimate of drug-likeness (QED) is 0.942. The number of halogens is 1. The van der Waals surface area contributed by atoms with E-state index in [1.807, 2.05) is 18.2 Å². The van der Waals surface area contributed by atoms with E-state index < -0.39 is 0 Å². The summed E-state index contributed by atoms with van der Waals surface area (Å²) in [5.41, 5.74) is 2.08. The lowest BCUT2D eigenvalue weighted by molar-refractivity contribution is 0.142. The monoisotopic (exact) mass is 328 g/mol. The lowest BCUT2D eigenvalue weighted by Crippen LogP contribution is -2.49. The van der Waals surface area contributed by atoms with Crippen LogP contribution in [0.2, 0.25) is 0 Å². The highest BCUT2D eigenvalue weighted by Crippen LogP contribution is 2.15. The molecule has 2 aromatic rings. The molecule has 0 saturated carbocycles. The van der Waals surface area contributed by atoms with Gasteiger partial charge in [-0.25, -0.2) is 9.18 Å². The molecule has 0 atom stereocenters. The molecule has 1 aromatic heterocycles. The molecule has 1 aromatic carbocycles. The number of aryl methyl sites for hydroxylation is 1. The minimum absolute atomic E-state index is 0.185. The molecule has 1 saturated heterocycles. The fourth-order valence-electron chi connectivity index (χ4n) is 2.70. The summed E-state index contributed by atoms with van der Waals surface area (Å²) in [4.78, 5) is 20.7. The van der Waals surface area contributed by atoms with Crippen molar-refractivity contribution in [3.8, 4) is 0 Å². The van der Waals surface area contributed by atoms with Gasteiger partial charge in [-0.3, -0.25) is 9.88 Å². The van der Waals surface area contributed by atoms with Crippen LogP contribution >= 0.6 is 0 Å². The highest BCUT2D eigenvalue weighted by atomic mass is 19.1. The van der Waals surface area contributed by atoms with E-state index in [0.717, 1.165) is 25.3 Å². The third-order valence-corrected chi connectivity index (χ3v) is 4.19. The third kappa shape index (κ3) is 4.08. The maximum Gasteiger partial charge on any atom is 0.321 e. The summed E-state index contributed by atoms with van der Waals surface area (Å²) in [6.45, 7) is 5.37. The first kappa shape index (κ1) is 16.4. The summed E-state index contributed by atoms with van der Waals surface area (Å²) in [7, 11) is 0. The van der Waals surface area contributed by atoms with Gasteiger partial charge in [0.25, 0.3) is 0 Å². The highest BCUT2D eigenvalue weighted by Gasteiger charge is 2.21. The van der Waals surface area contributed by atoms with Gasteiger partial charge in [-0.05, 0) is 36.8 Å². The molecule has 6 heteroatoms. The molecule has 1 N–H and O–H groups in total. The Bertz CT molecular complexity index is 699. The SMILES string of the molecule is Cc1ccc(NC(=O)N2CCN(Cc3ccccn3)CC2)cc1F. The van der Waals surface area contributed by atoms with E-state index in [1.54, 1.807) is 30.2 Å². The molecule has 126 valence electrons. The predicted molar refractivity (Wildman–Crippen MR) is 91.2 cm³/mol. The van der Waals surface area contributed by atoms with E-state index in [-0.39, 0.29) is 11.8 Å². The lowest BCUT2D eigenvalue weighted by Gasteiger charge is -2.34. The fraction of sp³-hybridized carbons (Fsp3) is 0.333. The molecule has 0 unspecified atom stereocenters. The van der Waals surface area contributed by atoms with Crippen molar-refractivity contribution < 1.29 is 9.18 Å². The summed E-state index contributed by atoms with van der Waals surface area (Å²) in [6.07, 6.45) is 1.79. The van der Waals surface area contributed by atoms with Gasteiger partial charge in [0.05, 0.1) is 5.69 Å². The van der Waals surface area contributed by atoms with Gasteiger partial charge in [0.15, 0.2) is 0 Å². The number of benzene rings is 1. The Hall–Kier alpha value is -2.47. The number of carbonyl (C=O) groups is 1. The Morgan fingerprint density at radius 3 is 2.67 bits per heavy atom. The summed E-state index contributed by atoms with van der Waals surface area (Å²) < 4.78 is 13.6. The van der Waals surface area contributed by atoms with Crippen molar-refractivity contribution in [1.82, 2.24) is 14.8 Å². The van der Waals surface area contributed by atoms with Gasteiger partial charge in [-0.15, -0.1) is 0 Å². The molecule has 1 fully saturated rings. The number of aromatic nitrogens is 1. The first-order valence-corrected chi connectivity index (χ1v) is 8.06. The van der Waals surface area contributed by atoms with E-state index >= 15 is 0 Å². The van der Waals surface area contributed by atoms with Crippen LogP contribution in [0.25, 0.3) is 0 Å². The Morgan fingerprint density at radius 2 is 2.00 bits per heavy atom. The molecule has 5 nitrogen and oxygen atoms in total. The number of nitrogens with one attached hydrogen (secondary N) is 1.